The Labute approximate surface area is 472 Å². The van der Waals surface area contributed by atoms with Gasteiger partial charge in [-0.2, -0.15) is 14.8 Å². The number of aryl methyl sites for hydroxylation is 7. The van der Waals surface area contributed by atoms with Gasteiger partial charge < -0.3 is 9.13 Å². The van der Waals surface area contributed by atoms with E-state index < -0.39 is 0 Å². The molecule has 0 fully saturated rings. The second-order valence-electron chi connectivity index (χ2n) is 19.6. The molecule has 9 nitrogen and oxygen atoms in total. The number of fused-ring (bicyclic) bond motifs is 3. The molecular formula is C63H62F2Ir2N9-. The third-order valence-electron chi connectivity index (χ3n) is 13.5. The van der Waals surface area contributed by atoms with E-state index in [9.17, 15) is 8.78 Å². The van der Waals surface area contributed by atoms with Crippen molar-refractivity contribution >= 4 is 0 Å². The third kappa shape index (κ3) is 11.4. The second kappa shape index (κ2) is 24.4. The molecule has 13 heteroatoms. The summed E-state index contributed by atoms with van der Waals surface area (Å²) in [6, 6.07) is 51.1. The molecule has 76 heavy (non-hydrogen) atoms. The molecule has 0 N–H and O–H groups in total. The molecule has 0 bridgehead atoms. The van der Waals surface area contributed by atoms with E-state index >= 15 is 0 Å². The SMILES string of the molecule is CCc1nnc(-c2[c-]cc(F)cc2)n1-c1c(C)cccc1C.Cc1cccc(C)c1-[n+]1c(C(C)C)nn2c1-c1cc(-c3ccccc3)ccc1C2.Cc1cccc(C)c1-n1c(-c2[c-]cc(F)cc2)nnc1C(C)C.[Ir].[Ir]. The fourth-order valence-electron chi connectivity index (χ4n) is 9.88. The Morgan fingerprint density at radius 3 is 1.57 bits per heavy atom. The van der Waals surface area contributed by atoms with Crippen molar-refractivity contribution in [1.29, 1.82) is 0 Å². The van der Waals surface area contributed by atoms with Gasteiger partial charge in [-0.1, -0.05) is 132 Å². The van der Waals surface area contributed by atoms with Gasteiger partial charge in [0.1, 0.15) is 23.9 Å². The maximum atomic E-state index is 13.2. The summed E-state index contributed by atoms with van der Waals surface area (Å²) in [5.74, 6) is 5.39. The first kappa shape index (κ1) is 56.8. The number of hydrogen-bond acceptors (Lipinski definition) is 5. The van der Waals surface area contributed by atoms with Crippen LogP contribution in [-0.2, 0) is 53.2 Å². The van der Waals surface area contributed by atoms with Crippen LogP contribution in [0.1, 0.15) is 103 Å². The Bertz CT molecular complexity index is 3550. The van der Waals surface area contributed by atoms with E-state index in [2.05, 4.69) is 211 Å². The van der Waals surface area contributed by atoms with Crippen molar-refractivity contribution in [2.75, 3.05) is 0 Å². The van der Waals surface area contributed by atoms with Crippen LogP contribution in [0.3, 0.4) is 0 Å². The summed E-state index contributed by atoms with van der Waals surface area (Å²) in [5, 5.41) is 22.4. The molecule has 0 atom stereocenters. The Morgan fingerprint density at radius 2 is 1.07 bits per heavy atom. The van der Waals surface area contributed by atoms with Gasteiger partial charge in [-0.3, -0.25) is 8.78 Å². The molecule has 0 amide bonds. The standard InChI is InChI=1S/C26H26N3.C19H19FN3.C18H17FN3.2Ir/c1-17(2)25-27-28-16-22-14-13-21(20-11-6-5-7-12-20)15-23(22)26(28)29(25)24-18(3)9-8-10-19(24)4;1-12(2)18-21-22-19(15-8-10-16(20)11-9-15)23(18)17-13(3)6-5-7-14(17)4;1-4-16-20-21-18(14-8-10-15(19)11-9-14)22(16)17-12(2)6-5-7-13(17)3;;/h5-15,17H,16H2,1-4H3;5-8,10-12H,1-4H3;5-8,10-11H,4H2,1-3H3;;/q+1;2*-1;;. The van der Waals surface area contributed by atoms with Crippen molar-refractivity contribution in [3.8, 4) is 62.4 Å². The summed E-state index contributed by atoms with van der Waals surface area (Å²) in [5.41, 5.74) is 17.2. The first-order chi connectivity index (χ1) is 35.6. The third-order valence-corrected chi connectivity index (χ3v) is 13.5. The molecule has 392 valence electrons. The zero-order chi connectivity index (χ0) is 52.4. The van der Waals surface area contributed by atoms with Gasteiger partial charge >= 0.3 is 0 Å². The van der Waals surface area contributed by atoms with Gasteiger partial charge in [-0.15, -0.1) is 74.5 Å². The molecule has 0 aliphatic carbocycles. The molecule has 7 aromatic carbocycles. The fourth-order valence-corrected chi connectivity index (χ4v) is 9.88. The van der Waals surface area contributed by atoms with Crippen LogP contribution in [0.15, 0.2) is 140 Å². The summed E-state index contributed by atoms with van der Waals surface area (Å²) in [6.07, 6.45) is 0.766. The molecule has 0 saturated heterocycles. The smallest absolute Gasteiger partial charge is 0.285 e. The number of hydrogen-bond donors (Lipinski definition) is 0. The van der Waals surface area contributed by atoms with Crippen molar-refractivity contribution in [1.82, 2.24) is 39.3 Å². The van der Waals surface area contributed by atoms with Crippen LogP contribution in [0.25, 0.3) is 62.4 Å². The molecule has 0 unspecified atom stereocenters. The first-order valence-electron chi connectivity index (χ1n) is 25.3. The van der Waals surface area contributed by atoms with Crippen LogP contribution in [0.5, 0.6) is 0 Å². The van der Waals surface area contributed by atoms with E-state index in [0.717, 1.165) is 75.2 Å². The molecule has 2 radical (unpaired) electrons. The van der Waals surface area contributed by atoms with Gasteiger partial charge in [0.05, 0.1) is 17.2 Å². The Morgan fingerprint density at radius 1 is 0.553 bits per heavy atom. The minimum atomic E-state index is -0.309. The number of halogens is 2. The number of rotatable bonds is 9. The first-order valence-corrected chi connectivity index (χ1v) is 25.3. The average Bonchev–Trinajstić information content (AvgIpc) is 4.22. The summed E-state index contributed by atoms with van der Waals surface area (Å²) in [7, 11) is 0. The summed E-state index contributed by atoms with van der Waals surface area (Å²) < 4.78 is 35.1. The Hall–Kier alpha value is -6.88. The predicted molar refractivity (Wildman–Crippen MR) is 291 cm³/mol. The molecule has 3 aromatic heterocycles. The topological polar surface area (TPSA) is 83.1 Å². The van der Waals surface area contributed by atoms with E-state index in [1.54, 1.807) is 12.1 Å². The number of para-hydroxylation sites is 3. The van der Waals surface area contributed by atoms with Crippen molar-refractivity contribution in [3.63, 3.8) is 0 Å². The average molecular weight is 1370 g/mol. The Balaban J connectivity index is 0.000000166. The summed E-state index contributed by atoms with van der Waals surface area (Å²) in [6.45, 7) is 24.2. The minimum Gasteiger partial charge on any atom is -0.320 e. The number of benzene rings is 7. The molecule has 1 aliphatic rings. The van der Waals surface area contributed by atoms with Crippen LogP contribution in [0.4, 0.5) is 8.78 Å². The van der Waals surface area contributed by atoms with Gasteiger partial charge in [0.25, 0.3) is 11.6 Å². The van der Waals surface area contributed by atoms with Gasteiger partial charge in [0.15, 0.2) is 0 Å². The van der Waals surface area contributed by atoms with Crippen molar-refractivity contribution in [3.05, 3.63) is 220 Å². The van der Waals surface area contributed by atoms with E-state index in [-0.39, 0.29) is 57.8 Å². The van der Waals surface area contributed by atoms with E-state index in [4.69, 9.17) is 5.10 Å². The largest absolute Gasteiger partial charge is 0.320 e. The van der Waals surface area contributed by atoms with Gasteiger partial charge in [0.2, 0.25) is 0 Å². The maximum absolute atomic E-state index is 13.2. The van der Waals surface area contributed by atoms with Crippen molar-refractivity contribution in [2.24, 2.45) is 0 Å². The van der Waals surface area contributed by atoms with Gasteiger partial charge in [0, 0.05) is 92.1 Å². The molecule has 1 aliphatic heterocycles. The van der Waals surface area contributed by atoms with Gasteiger partial charge in [-0.05, 0) is 92.1 Å². The van der Waals surface area contributed by atoms with E-state index in [0.29, 0.717) is 17.6 Å². The quantitative estimate of drug-likeness (QED) is 0.106. The van der Waals surface area contributed by atoms with Gasteiger partial charge in [-0.25, -0.2) is 0 Å². The molecule has 11 rings (SSSR count). The van der Waals surface area contributed by atoms with E-state index in [1.807, 2.05) is 19.1 Å². The van der Waals surface area contributed by atoms with Crippen LogP contribution < -0.4 is 4.57 Å². The Kier molecular flexibility index (Phi) is 18.3. The minimum absolute atomic E-state index is 0. The fraction of sp³-hybridized carbons (Fsp3) is 0.238. The predicted octanol–water partition coefficient (Wildman–Crippen LogP) is 14.3. The maximum Gasteiger partial charge on any atom is 0.285 e. The molecule has 0 spiro atoms. The van der Waals surface area contributed by atoms with Crippen LogP contribution in [-0.4, -0.2) is 39.3 Å². The normalized spacial score (nSPS) is 11.2. The summed E-state index contributed by atoms with van der Waals surface area (Å²) in [4.78, 5) is 0. The molecular weight excluding hydrogens is 1310 g/mol. The molecule has 0 saturated carbocycles. The van der Waals surface area contributed by atoms with Crippen LogP contribution in [0.2, 0.25) is 0 Å². The number of aromatic nitrogens is 9. The van der Waals surface area contributed by atoms with Crippen molar-refractivity contribution in [2.45, 2.75) is 101 Å². The van der Waals surface area contributed by atoms with E-state index in [1.165, 1.54) is 69.2 Å². The monoisotopic (exact) mass is 1370 g/mol. The zero-order valence-corrected chi connectivity index (χ0v) is 49.6. The summed E-state index contributed by atoms with van der Waals surface area (Å²) >= 11 is 0. The second-order valence-corrected chi connectivity index (χ2v) is 19.6. The van der Waals surface area contributed by atoms with Crippen molar-refractivity contribution < 1.29 is 53.6 Å². The molecule has 4 heterocycles. The van der Waals surface area contributed by atoms with Crippen LogP contribution in [0, 0.1) is 65.3 Å². The number of nitrogens with zero attached hydrogens (tertiary/aromatic N) is 9. The molecule has 10 aromatic rings. The zero-order valence-electron chi connectivity index (χ0n) is 44.8. The van der Waals surface area contributed by atoms with Crippen LogP contribution >= 0.6 is 0 Å².